The quantitative estimate of drug-likeness (QED) is 0.840. The summed E-state index contributed by atoms with van der Waals surface area (Å²) in [4.78, 5) is 14.1. The Kier molecular flexibility index (Phi) is 6.65. The lowest BCUT2D eigenvalue weighted by Crippen LogP contribution is -2.53. The standard InChI is InChI=1S/C21H25FN2O3/c1-2-18-13-23-10-11-24(18)21(25)27-15-17-12-19(8-9-20(17)22)26-14-16-6-4-3-5-7-16/h3-9,12,18,23H,2,10-11,13-15H2,1H3/t18-/m1/s1. The maximum atomic E-state index is 14.1. The smallest absolute Gasteiger partial charge is 0.410 e. The Balaban J connectivity index is 1.58. The molecule has 1 amide bonds. The molecule has 0 bridgehead atoms. The van der Waals surface area contributed by atoms with Gasteiger partial charge in [0, 0.05) is 31.2 Å². The van der Waals surface area contributed by atoms with Gasteiger partial charge in [-0.3, -0.25) is 0 Å². The van der Waals surface area contributed by atoms with E-state index < -0.39 is 11.9 Å². The normalized spacial score (nSPS) is 16.8. The zero-order valence-corrected chi connectivity index (χ0v) is 15.5. The maximum Gasteiger partial charge on any atom is 0.410 e. The molecule has 0 saturated carbocycles. The van der Waals surface area contributed by atoms with Crippen LogP contribution < -0.4 is 10.1 Å². The van der Waals surface area contributed by atoms with Crippen LogP contribution in [-0.4, -0.2) is 36.7 Å². The van der Waals surface area contributed by atoms with Crippen molar-refractivity contribution in [3.8, 4) is 5.75 Å². The van der Waals surface area contributed by atoms with Crippen molar-refractivity contribution in [2.45, 2.75) is 32.6 Å². The number of carbonyl (C=O) groups excluding carboxylic acids is 1. The van der Waals surface area contributed by atoms with Gasteiger partial charge in [-0.25, -0.2) is 9.18 Å². The van der Waals surface area contributed by atoms with Gasteiger partial charge in [0.1, 0.15) is 24.8 Å². The molecule has 2 aromatic rings. The summed E-state index contributed by atoms with van der Waals surface area (Å²) in [7, 11) is 0. The van der Waals surface area contributed by atoms with Crippen LogP contribution in [0.15, 0.2) is 48.5 Å². The van der Waals surface area contributed by atoms with Crippen LogP contribution in [0.4, 0.5) is 9.18 Å². The van der Waals surface area contributed by atoms with Crippen LogP contribution in [0, 0.1) is 5.82 Å². The number of amides is 1. The third kappa shape index (κ3) is 5.20. The van der Waals surface area contributed by atoms with Crippen molar-refractivity contribution >= 4 is 6.09 Å². The van der Waals surface area contributed by atoms with Crippen molar-refractivity contribution in [2.75, 3.05) is 19.6 Å². The number of nitrogens with zero attached hydrogens (tertiary/aromatic N) is 1. The van der Waals surface area contributed by atoms with Gasteiger partial charge in [0.2, 0.25) is 0 Å². The molecule has 1 atom stereocenters. The molecule has 3 rings (SSSR count). The number of halogens is 1. The molecule has 1 aliphatic rings. The second-order valence-corrected chi connectivity index (χ2v) is 6.54. The van der Waals surface area contributed by atoms with E-state index in [1.54, 1.807) is 17.0 Å². The van der Waals surface area contributed by atoms with Gasteiger partial charge in [0.05, 0.1) is 0 Å². The SMILES string of the molecule is CC[C@@H]1CNCCN1C(=O)OCc1cc(OCc2ccccc2)ccc1F. The molecule has 27 heavy (non-hydrogen) atoms. The van der Waals surface area contributed by atoms with E-state index in [1.165, 1.54) is 6.07 Å². The molecular weight excluding hydrogens is 347 g/mol. The minimum Gasteiger partial charge on any atom is -0.489 e. The number of hydrogen-bond acceptors (Lipinski definition) is 4. The summed E-state index contributed by atoms with van der Waals surface area (Å²) in [5, 5.41) is 3.26. The van der Waals surface area contributed by atoms with Gasteiger partial charge in [-0.05, 0) is 30.2 Å². The molecule has 1 fully saturated rings. The lowest BCUT2D eigenvalue weighted by Gasteiger charge is -2.34. The van der Waals surface area contributed by atoms with E-state index in [0.717, 1.165) is 25.1 Å². The molecule has 1 heterocycles. The summed E-state index contributed by atoms with van der Waals surface area (Å²) in [6.45, 7) is 4.40. The largest absolute Gasteiger partial charge is 0.489 e. The lowest BCUT2D eigenvalue weighted by molar-refractivity contribution is 0.0706. The molecule has 144 valence electrons. The summed E-state index contributed by atoms with van der Waals surface area (Å²) >= 11 is 0. The van der Waals surface area contributed by atoms with Gasteiger partial charge in [-0.2, -0.15) is 0 Å². The minimum atomic E-state index is -0.415. The van der Waals surface area contributed by atoms with Gasteiger partial charge in [0.25, 0.3) is 0 Å². The molecule has 0 unspecified atom stereocenters. The number of ether oxygens (including phenoxy) is 2. The second-order valence-electron chi connectivity index (χ2n) is 6.54. The molecule has 1 saturated heterocycles. The van der Waals surface area contributed by atoms with Crippen molar-refractivity contribution in [1.82, 2.24) is 10.2 Å². The number of piperazine rings is 1. The molecule has 0 radical (unpaired) electrons. The molecule has 0 aliphatic carbocycles. The molecule has 2 aromatic carbocycles. The Morgan fingerprint density at radius 2 is 2.04 bits per heavy atom. The van der Waals surface area contributed by atoms with Gasteiger partial charge < -0.3 is 19.7 Å². The van der Waals surface area contributed by atoms with Crippen LogP contribution >= 0.6 is 0 Å². The van der Waals surface area contributed by atoms with Crippen LogP contribution in [0.5, 0.6) is 5.75 Å². The highest BCUT2D eigenvalue weighted by molar-refractivity contribution is 5.68. The summed E-state index contributed by atoms with van der Waals surface area (Å²) in [6.07, 6.45) is 0.442. The fraction of sp³-hybridized carbons (Fsp3) is 0.381. The Morgan fingerprint density at radius 1 is 1.22 bits per heavy atom. The highest BCUT2D eigenvalue weighted by atomic mass is 19.1. The molecule has 1 aliphatic heterocycles. The van der Waals surface area contributed by atoms with E-state index in [9.17, 15) is 9.18 Å². The Morgan fingerprint density at radius 3 is 2.81 bits per heavy atom. The first-order chi connectivity index (χ1) is 13.2. The van der Waals surface area contributed by atoms with E-state index in [2.05, 4.69) is 5.32 Å². The number of carbonyl (C=O) groups is 1. The summed E-state index contributed by atoms with van der Waals surface area (Å²) in [6, 6.07) is 14.3. The van der Waals surface area contributed by atoms with Crippen LogP contribution in [0.25, 0.3) is 0 Å². The topological polar surface area (TPSA) is 50.8 Å². The number of hydrogen-bond donors (Lipinski definition) is 1. The predicted molar refractivity (Wildman–Crippen MR) is 101 cm³/mol. The van der Waals surface area contributed by atoms with E-state index in [4.69, 9.17) is 9.47 Å². The molecule has 6 heteroatoms. The van der Waals surface area contributed by atoms with Crippen molar-refractivity contribution in [3.63, 3.8) is 0 Å². The van der Waals surface area contributed by atoms with Crippen molar-refractivity contribution in [3.05, 3.63) is 65.5 Å². The van der Waals surface area contributed by atoms with Gasteiger partial charge in [-0.15, -0.1) is 0 Å². The fourth-order valence-corrected chi connectivity index (χ4v) is 3.08. The first-order valence-electron chi connectivity index (χ1n) is 9.26. The summed E-state index contributed by atoms with van der Waals surface area (Å²) < 4.78 is 25.2. The van der Waals surface area contributed by atoms with Gasteiger partial charge in [-0.1, -0.05) is 37.3 Å². The first kappa shape index (κ1) is 19.2. The van der Waals surface area contributed by atoms with E-state index in [1.807, 2.05) is 37.3 Å². The molecule has 5 nitrogen and oxygen atoms in total. The molecule has 1 N–H and O–H groups in total. The highest BCUT2D eigenvalue weighted by Gasteiger charge is 2.26. The minimum absolute atomic E-state index is 0.108. The number of benzene rings is 2. The monoisotopic (exact) mass is 372 g/mol. The van der Waals surface area contributed by atoms with Gasteiger partial charge in [0.15, 0.2) is 0 Å². The zero-order valence-electron chi connectivity index (χ0n) is 15.5. The maximum absolute atomic E-state index is 14.1. The fourth-order valence-electron chi connectivity index (χ4n) is 3.08. The number of nitrogens with one attached hydrogen (secondary N) is 1. The predicted octanol–water partition coefficient (Wildman–Crippen LogP) is 3.73. The van der Waals surface area contributed by atoms with Crippen LogP contribution in [0.1, 0.15) is 24.5 Å². The van der Waals surface area contributed by atoms with Crippen LogP contribution in [0.3, 0.4) is 0 Å². The van der Waals surface area contributed by atoms with Crippen molar-refractivity contribution in [2.24, 2.45) is 0 Å². The molecular formula is C21H25FN2O3. The average molecular weight is 372 g/mol. The molecule has 0 spiro atoms. The molecule has 0 aromatic heterocycles. The van der Waals surface area contributed by atoms with E-state index in [0.29, 0.717) is 24.5 Å². The Hall–Kier alpha value is -2.60. The van der Waals surface area contributed by atoms with Crippen LogP contribution in [-0.2, 0) is 18.0 Å². The Labute approximate surface area is 159 Å². The summed E-state index contributed by atoms with van der Waals surface area (Å²) in [5.41, 5.74) is 1.33. The number of rotatable bonds is 6. The average Bonchev–Trinajstić information content (AvgIpc) is 2.72. The van der Waals surface area contributed by atoms with Crippen molar-refractivity contribution in [1.29, 1.82) is 0 Å². The van der Waals surface area contributed by atoms with Gasteiger partial charge >= 0.3 is 6.09 Å². The van der Waals surface area contributed by atoms with E-state index >= 15 is 0 Å². The lowest BCUT2D eigenvalue weighted by atomic mass is 10.1. The Bertz CT molecular complexity index is 754. The summed E-state index contributed by atoms with van der Waals surface area (Å²) in [5.74, 6) is 0.127. The second kappa shape index (κ2) is 9.37. The van der Waals surface area contributed by atoms with E-state index in [-0.39, 0.29) is 12.6 Å². The van der Waals surface area contributed by atoms with Crippen molar-refractivity contribution < 1.29 is 18.7 Å². The van der Waals surface area contributed by atoms with Crippen LogP contribution in [0.2, 0.25) is 0 Å². The zero-order chi connectivity index (χ0) is 19.1. The third-order valence-corrected chi connectivity index (χ3v) is 4.67. The first-order valence-corrected chi connectivity index (χ1v) is 9.26. The highest BCUT2D eigenvalue weighted by Crippen LogP contribution is 2.20. The third-order valence-electron chi connectivity index (χ3n) is 4.67.